The van der Waals surface area contributed by atoms with Gasteiger partial charge in [0.2, 0.25) is 5.95 Å². The molecule has 0 spiro atoms. The monoisotopic (exact) mass is 272 g/mol. The summed E-state index contributed by atoms with van der Waals surface area (Å²) < 4.78 is 4.46. The molecule has 0 N–H and O–H groups in total. The van der Waals surface area contributed by atoms with Gasteiger partial charge in [0.25, 0.3) is 0 Å². The van der Waals surface area contributed by atoms with Crippen molar-refractivity contribution >= 4 is 17.5 Å². The number of nitrogens with zero attached hydrogens (tertiary/aromatic N) is 4. The minimum atomic E-state index is 0.572. The third kappa shape index (κ3) is 1.75. The fraction of sp³-hybridized carbons (Fsp3) is 0.500. The zero-order valence-electron chi connectivity index (χ0n) is 11.0. The molecule has 0 radical (unpaired) electrons. The van der Waals surface area contributed by atoms with Gasteiger partial charge in [-0.05, 0) is 50.2 Å². The van der Waals surface area contributed by atoms with Gasteiger partial charge >= 0.3 is 0 Å². The van der Waals surface area contributed by atoms with Crippen molar-refractivity contribution in [3.05, 3.63) is 22.7 Å². The van der Waals surface area contributed by atoms with Crippen molar-refractivity contribution in [3.63, 3.8) is 0 Å². The number of aryl methyl sites for hydroxylation is 1. The smallest absolute Gasteiger partial charge is 0.226 e. The summed E-state index contributed by atoms with van der Waals surface area (Å²) in [7, 11) is 0. The molecule has 98 valence electrons. The van der Waals surface area contributed by atoms with Crippen LogP contribution in [0, 0.1) is 0 Å². The number of fused-ring (bicyclic) bond motifs is 1. The minimum Gasteiger partial charge on any atom is -0.338 e. The molecule has 1 fully saturated rings. The van der Waals surface area contributed by atoms with E-state index in [4.69, 9.17) is 9.97 Å². The average Bonchev–Trinajstić information content (AvgIpc) is 3.06. The van der Waals surface area contributed by atoms with Crippen LogP contribution in [0.1, 0.15) is 31.0 Å². The molecule has 4 rings (SSSR count). The number of hydrogen-bond acceptors (Lipinski definition) is 5. The molecule has 19 heavy (non-hydrogen) atoms. The number of rotatable bonds is 2. The number of aromatic nitrogens is 3. The topological polar surface area (TPSA) is 41.9 Å². The zero-order valence-corrected chi connectivity index (χ0v) is 11.8. The molecule has 0 bridgehead atoms. The molecule has 0 saturated carbocycles. The van der Waals surface area contributed by atoms with Crippen LogP contribution in [-0.4, -0.2) is 26.9 Å². The second-order valence-corrected chi connectivity index (χ2v) is 6.03. The van der Waals surface area contributed by atoms with E-state index in [-0.39, 0.29) is 0 Å². The van der Waals surface area contributed by atoms with Crippen molar-refractivity contribution in [2.45, 2.75) is 38.6 Å². The van der Waals surface area contributed by atoms with E-state index in [2.05, 4.69) is 22.3 Å². The summed E-state index contributed by atoms with van der Waals surface area (Å²) in [6, 6.07) is 2.64. The Bertz CT molecular complexity index is 608. The lowest BCUT2D eigenvalue weighted by molar-refractivity contribution is 0.470. The highest BCUT2D eigenvalue weighted by Crippen LogP contribution is 2.33. The third-order valence-electron chi connectivity index (χ3n) is 4.18. The Hall–Kier alpha value is -1.49. The summed E-state index contributed by atoms with van der Waals surface area (Å²) in [4.78, 5) is 11.9. The Kier molecular flexibility index (Phi) is 2.55. The van der Waals surface area contributed by atoms with Crippen LogP contribution < -0.4 is 4.90 Å². The van der Waals surface area contributed by atoms with Gasteiger partial charge in [0.1, 0.15) is 5.69 Å². The molecule has 2 aliphatic rings. The Morgan fingerprint density at radius 2 is 2.26 bits per heavy atom. The van der Waals surface area contributed by atoms with Crippen LogP contribution in [0.2, 0.25) is 0 Å². The molecule has 1 atom stereocenters. The lowest BCUT2D eigenvalue weighted by Crippen LogP contribution is -2.46. The van der Waals surface area contributed by atoms with E-state index in [1.165, 1.54) is 35.6 Å². The van der Waals surface area contributed by atoms with Gasteiger partial charge in [0.15, 0.2) is 0 Å². The first-order valence-corrected chi connectivity index (χ1v) is 7.74. The van der Waals surface area contributed by atoms with Crippen LogP contribution in [-0.2, 0) is 12.8 Å². The Balaban J connectivity index is 1.85. The van der Waals surface area contributed by atoms with Crippen LogP contribution in [0.3, 0.4) is 0 Å². The van der Waals surface area contributed by atoms with Gasteiger partial charge in [-0.1, -0.05) is 0 Å². The van der Waals surface area contributed by atoms with E-state index in [1.54, 1.807) is 0 Å². The molecule has 5 heteroatoms. The maximum atomic E-state index is 4.82. The van der Waals surface area contributed by atoms with Gasteiger partial charge in [-0.15, -0.1) is 0 Å². The highest BCUT2D eigenvalue weighted by atomic mass is 32.1. The molecular formula is C14H16N4S. The summed E-state index contributed by atoms with van der Waals surface area (Å²) in [5.41, 5.74) is 4.65. The van der Waals surface area contributed by atoms with Crippen LogP contribution in [0.4, 0.5) is 5.95 Å². The van der Waals surface area contributed by atoms with Gasteiger partial charge < -0.3 is 4.90 Å². The quantitative estimate of drug-likeness (QED) is 0.843. The van der Waals surface area contributed by atoms with Gasteiger partial charge in [-0.2, -0.15) is 4.37 Å². The average molecular weight is 272 g/mol. The Morgan fingerprint density at radius 1 is 1.32 bits per heavy atom. The fourth-order valence-corrected chi connectivity index (χ4v) is 3.42. The van der Waals surface area contributed by atoms with E-state index in [0.717, 1.165) is 36.7 Å². The normalized spacial score (nSPS) is 21.3. The minimum absolute atomic E-state index is 0.572. The molecule has 0 unspecified atom stereocenters. The van der Waals surface area contributed by atoms with Gasteiger partial charge in [0.05, 0.1) is 5.69 Å². The highest BCUT2D eigenvalue weighted by Gasteiger charge is 2.29. The summed E-state index contributed by atoms with van der Waals surface area (Å²) in [6.45, 7) is 3.32. The third-order valence-corrected chi connectivity index (χ3v) is 4.74. The fourth-order valence-electron chi connectivity index (χ4n) is 2.91. The van der Waals surface area contributed by atoms with Gasteiger partial charge in [-0.25, -0.2) is 9.97 Å². The SMILES string of the molecule is C[C@H]1CCN1c1nc2c(c(-c3ccsn3)n1)CCC2. The molecule has 0 amide bonds. The summed E-state index contributed by atoms with van der Waals surface area (Å²) in [5, 5.41) is 2.02. The molecule has 0 aromatic carbocycles. The van der Waals surface area contributed by atoms with E-state index >= 15 is 0 Å². The van der Waals surface area contributed by atoms with Crippen LogP contribution in [0.25, 0.3) is 11.4 Å². The molecule has 1 saturated heterocycles. The maximum Gasteiger partial charge on any atom is 0.226 e. The van der Waals surface area contributed by atoms with Crippen molar-refractivity contribution in [1.82, 2.24) is 14.3 Å². The van der Waals surface area contributed by atoms with E-state index in [0.29, 0.717) is 6.04 Å². The first-order chi connectivity index (χ1) is 9.33. The highest BCUT2D eigenvalue weighted by molar-refractivity contribution is 7.03. The molecule has 2 aromatic rings. The second-order valence-electron chi connectivity index (χ2n) is 5.37. The van der Waals surface area contributed by atoms with Crippen molar-refractivity contribution in [3.8, 4) is 11.4 Å². The van der Waals surface area contributed by atoms with Gasteiger partial charge in [-0.3, -0.25) is 0 Å². The lowest BCUT2D eigenvalue weighted by atomic mass is 10.1. The van der Waals surface area contributed by atoms with Crippen LogP contribution in [0.5, 0.6) is 0 Å². The zero-order chi connectivity index (χ0) is 12.8. The molecule has 2 aromatic heterocycles. The first kappa shape index (κ1) is 11.3. The van der Waals surface area contributed by atoms with Gasteiger partial charge in [0, 0.05) is 29.2 Å². The van der Waals surface area contributed by atoms with E-state index in [1.807, 2.05) is 5.38 Å². The standard InChI is InChI=1S/C14H16N4S/c1-9-5-7-18(9)14-15-11-4-2-3-10(11)13(16-14)12-6-8-19-17-12/h6,8-9H,2-5,7H2,1H3/t9-/m0/s1. The van der Waals surface area contributed by atoms with Crippen molar-refractivity contribution < 1.29 is 0 Å². The lowest BCUT2D eigenvalue weighted by Gasteiger charge is -2.39. The summed E-state index contributed by atoms with van der Waals surface area (Å²) >= 11 is 1.49. The maximum absolute atomic E-state index is 4.82. The molecule has 4 nitrogen and oxygen atoms in total. The second kappa shape index (κ2) is 4.27. The Labute approximate surface area is 116 Å². The summed E-state index contributed by atoms with van der Waals surface area (Å²) in [6.07, 6.45) is 4.62. The predicted octanol–water partition coefficient (Wildman–Crippen LogP) is 2.69. The van der Waals surface area contributed by atoms with Crippen molar-refractivity contribution in [1.29, 1.82) is 0 Å². The first-order valence-electron chi connectivity index (χ1n) is 6.90. The molecular weight excluding hydrogens is 256 g/mol. The molecule has 1 aliphatic carbocycles. The largest absolute Gasteiger partial charge is 0.338 e. The van der Waals surface area contributed by atoms with Crippen LogP contribution >= 0.6 is 11.5 Å². The van der Waals surface area contributed by atoms with Crippen LogP contribution in [0.15, 0.2) is 11.4 Å². The summed E-state index contributed by atoms with van der Waals surface area (Å²) in [5.74, 6) is 0.905. The van der Waals surface area contributed by atoms with Crippen molar-refractivity contribution in [2.75, 3.05) is 11.4 Å². The molecule has 3 heterocycles. The van der Waals surface area contributed by atoms with E-state index < -0.39 is 0 Å². The predicted molar refractivity (Wildman–Crippen MR) is 76.6 cm³/mol. The number of hydrogen-bond donors (Lipinski definition) is 0. The van der Waals surface area contributed by atoms with Crippen molar-refractivity contribution in [2.24, 2.45) is 0 Å². The van der Waals surface area contributed by atoms with E-state index in [9.17, 15) is 0 Å². The Morgan fingerprint density at radius 3 is 2.95 bits per heavy atom. The molecule has 1 aliphatic heterocycles. The number of anilines is 1.